The van der Waals surface area contributed by atoms with Gasteiger partial charge in [0, 0.05) is 23.5 Å². The van der Waals surface area contributed by atoms with Crippen LogP contribution in [0.1, 0.15) is 72.1 Å². The summed E-state index contributed by atoms with van der Waals surface area (Å²) in [6.45, 7) is 6.92. The molecule has 5 nitrogen and oxygen atoms in total. The third-order valence-corrected chi connectivity index (χ3v) is 5.12. The van der Waals surface area contributed by atoms with Gasteiger partial charge in [0.2, 0.25) is 0 Å². The maximum absolute atomic E-state index is 12.9. The topological polar surface area (TPSA) is 61.9 Å². The minimum atomic E-state index is 0.0388. The van der Waals surface area contributed by atoms with Gasteiger partial charge in [0.25, 0.3) is 5.91 Å². The van der Waals surface area contributed by atoms with Crippen LogP contribution in [-0.4, -0.2) is 32.3 Å². The molecule has 1 atom stereocenters. The second kappa shape index (κ2) is 6.20. The van der Waals surface area contributed by atoms with Crippen molar-refractivity contribution in [3.05, 3.63) is 33.8 Å². The zero-order chi connectivity index (χ0) is 15.7. The number of hydrogen-bond donors (Lipinski definition) is 1. The summed E-state index contributed by atoms with van der Waals surface area (Å²) in [5.41, 5.74) is 1.62. The number of hydrogen-bond acceptors (Lipinski definition) is 4. The number of likely N-dealkylation sites (tertiary alicyclic amines) is 1. The van der Waals surface area contributed by atoms with Gasteiger partial charge in [0.05, 0.1) is 12.2 Å². The highest BCUT2D eigenvalue weighted by atomic mass is 32.1. The molecule has 3 heterocycles. The molecule has 1 N–H and O–H groups in total. The number of thiazole rings is 1. The fourth-order valence-electron chi connectivity index (χ4n) is 2.85. The molecule has 0 bridgehead atoms. The summed E-state index contributed by atoms with van der Waals surface area (Å²) in [6, 6.07) is 0.103. The third kappa shape index (κ3) is 2.92. The van der Waals surface area contributed by atoms with Crippen LogP contribution in [0.2, 0.25) is 0 Å². The summed E-state index contributed by atoms with van der Waals surface area (Å²) in [5, 5.41) is 3.11. The number of piperidine rings is 1. The highest BCUT2D eigenvalue weighted by Crippen LogP contribution is 2.33. The third-order valence-electron chi connectivity index (χ3n) is 4.06. The number of H-pyrrole nitrogens is 1. The second-order valence-corrected chi connectivity index (χ2v) is 7.06. The first-order valence-corrected chi connectivity index (χ1v) is 8.72. The first-order chi connectivity index (χ1) is 10.6. The van der Waals surface area contributed by atoms with Crippen molar-refractivity contribution in [1.82, 2.24) is 19.9 Å². The molecule has 1 saturated heterocycles. The number of amides is 1. The van der Waals surface area contributed by atoms with Crippen molar-refractivity contribution in [2.45, 2.75) is 52.0 Å². The molecule has 0 saturated carbocycles. The lowest BCUT2D eigenvalue weighted by atomic mass is 10.0. The number of rotatable bonds is 3. The number of carbonyl (C=O) groups is 1. The molecule has 0 radical (unpaired) electrons. The van der Waals surface area contributed by atoms with Gasteiger partial charge in [-0.3, -0.25) is 4.79 Å². The lowest BCUT2D eigenvalue weighted by Crippen LogP contribution is -2.38. The minimum Gasteiger partial charge on any atom is -0.338 e. The minimum absolute atomic E-state index is 0.0388. The number of aryl methyl sites for hydroxylation is 1. The van der Waals surface area contributed by atoms with Gasteiger partial charge in [-0.25, -0.2) is 9.97 Å². The predicted molar refractivity (Wildman–Crippen MR) is 87.2 cm³/mol. The standard InChI is InChI=1S/C16H22N4OS/c1-10(2)14-17-8-12(19-14)16(21)20-7-5-4-6-13(20)15-18-11(3)9-22-15/h8-10,13H,4-7H2,1-3H3,(H,17,19)/t13-/m0/s1. The highest BCUT2D eigenvalue weighted by Gasteiger charge is 2.31. The Bertz CT molecular complexity index is 661. The molecule has 22 heavy (non-hydrogen) atoms. The first-order valence-electron chi connectivity index (χ1n) is 7.84. The fourth-order valence-corrected chi connectivity index (χ4v) is 3.79. The zero-order valence-electron chi connectivity index (χ0n) is 13.3. The summed E-state index contributed by atoms with van der Waals surface area (Å²) in [5.74, 6) is 1.19. The second-order valence-electron chi connectivity index (χ2n) is 6.17. The van der Waals surface area contributed by atoms with Crippen molar-refractivity contribution in [3.8, 4) is 0 Å². The summed E-state index contributed by atoms with van der Waals surface area (Å²) >= 11 is 1.65. The summed E-state index contributed by atoms with van der Waals surface area (Å²) in [6.07, 6.45) is 4.85. The lowest BCUT2D eigenvalue weighted by Gasteiger charge is -2.34. The molecule has 2 aromatic rings. The first kappa shape index (κ1) is 15.2. The molecule has 6 heteroatoms. The maximum Gasteiger partial charge on any atom is 0.272 e. The number of aromatic amines is 1. The van der Waals surface area contributed by atoms with Crippen LogP contribution >= 0.6 is 11.3 Å². The predicted octanol–water partition coefficient (Wildman–Crippen LogP) is 3.67. The van der Waals surface area contributed by atoms with Crippen LogP contribution in [0.25, 0.3) is 0 Å². The largest absolute Gasteiger partial charge is 0.338 e. The van der Waals surface area contributed by atoms with Crippen molar-refractivity contribution in [3.63, 3.8) is 0 Å². The number of carbonyl (C=O) groups excluding carboxylic acids is 1. The monoisotopic (exact) mass is 318 g/mol. The molecular weight excluding hydrogens is 296 g/mol. The lowest BCUT2D eigenvalue weighted by molar-refractivity contribution is 0.0605. The van der Waals surface area contributed by atoms with Gasteiger partial charge >= 0.3 is 0 Å². The van der Waals surface area contributed by atoms with Crippen LogP contribution in [0.5, 0.6) is 0 Å². The molecule has 0 spiro atoms. The van der Waals surface area contributed by atoms with E-state index in [2.05, 4.69) is 34.2 Å². The Hall–Kier alpha value is -1.69. The Morgan fingerprint density at radius 2 is 2.27 bits per heavy atom. The van der Waals surface area contributed by atoms with E-state index in [1.165, 1.54) is 0 Å². The molecule has 1 amide bonds. The SMILES string of the molecule is Cc1csc([C@@H]2CCCCN2C(=O)c2cnc(C(C)C)[nH]2)n1. The van der Waals surface area contributed by atoms with Crippen LogP contribution < -0.4 is 0 Å². The van der Waals surface area contributed by atoms with E-state index in [4.69, 9.17) is 0 Å². The Kier molecular flexibility index (Phi) is 4.29. The Balaban J connectivity index is 1.84. The van der Waals surface area contributed by atoms with Gasteiger partial charge in [0.1, 0.15) is 16.5 Å². The van der Waals surface area contributed by atoms with Gasteiger partial charge < -0.3 is 9.88 Å². The van der Waals surface area contributed by atoms with Gasteiger partial charge in [-0.1, -0.05) is 13.8 Å². The molecular formula is C16H22N4OS. The molecule has 0 unspecified atom stereocenters. The smallest absolute Gasteiger partial charge is 0.272 e. The van der Waals surface area contributed by atoms with E-state index < -0.39 is 0 Å². The fraction of sp³-hybridized carbons (Fsp3) is 0.562. The molecule has 118 valence electrons. The van der Waals surface area contributed by atoms with Crippen molar-refractivity contribution >= 4 is 17.2 Å². The summed E-state index contributed by atoms with van der Waals surface area (Å²) in [4.78, 5) is 26.9. The van der Waals surface area contributed by atoms with Crippen LogP contribution in [0.15, 0.2) is 11.6 Å². The summed E-state index contributed by atoms with van der Waals surface area (Å²) < 4.78 is 0. The number of imidazole rings is 1. The van der Waals surface area contributed by atoms with E-state index in [0.29, 0.717) is 11.6 Å². The maximum atomic E-state index is 12.9. The Morgan fingerprint density at radius 3 is 2.91 bits per heavy atom. The Morgan fingerprint density at radius 1 is 1.45 bits per heavy atom. The number of aromatic nitrogens is 3. The van der Waals surface area contributed by atoms with Gasteiger partial charge in [0.15, 0.2) is 0 Å². The average molecular weight is 318 g/mol. The summed E-state index contributed by atoms with van der Waals surface area (Å²) in [7, 11) is 0. The molecule has 3 rings (SSSR count). The number of nitrogens with zero attached hydrogens (tertiary/aromatic N) is 3. The van der Waals surface area contributed by atoms with Crippen molar-refractivity contribution in [2.24, 2.45) is 0 Å². The van der Waals surface area contributed by atoms with Crippen molar-refractivity contribution < 1.29 is 4.79 Å². The van der Waals surface area contributed by atoms with Crippen LogP contribution in [0, 0.1) is 6.92 Å². The van der Waals surface area contributed by atoms with Crippen molar-refractivity contribution in [1.29, 1.82) is 0 Å². The van der Waals surface area contributed by atoms with Crippen LogP contribution in [0.4, 0.5) is 0 Å². The van der Waals surface area contributed by atoms with E-state index in [0.717, 1.165) is 42.3 Å². The van der Waals surface area contributed by atoms with Gasteiger partial charge in [-0.2, -0.15) is 0 Å². The molecule has 1 fully saturated rings. The van der Waals surface area contributed by atoms with Crippen molar-refractivity contribution in [2.75, 3.05) is 6.54 Å². The molecule has 2 aromatic heterocycles. The molecule has 1 aliphatic rings. The highest BCUT2D eigenvalue weighted by molar-refractivity contribution is 7.09. The van der Waals surface area contributed by atoms with E-state index in [-0.39, 0.29) is 11.9 Å². The zero-order valence-corrected chi connectivity index (χ0v) is 14.1. The van der Waals surface area contributed by atoms with E-state index in [1.807, 2.05) is 11.8 Å². The van der Waals surface area contributed by atoms with Gasteiger partial charge in [-0.05, 0) is 26.2 Å². The van der Waals surface area contributed by atoms with Crippen LogP contribution in [0.3, 0.4) is 0 Å². The molecule has 0 aliphatic carbocycles. The average Bonchev–Trinajstić information content (AvgIpc) is 3.15. The van der Waals surface area contributed by atoms with E-state index in [9.17, 15) is 4.79 Å². The van der Waals surface area contributed by atoms with E-state index >= 15 is 0 Å². The quantitative estimate of drug-likeness (QED) is 0.939. The number of nitrogens with one attached hydrogen (secondary N) is 1. The molecule has 0 aromatic carbocycles. The Labute approximate surface area is 134 Å². The van der Waals surface area contributed by atoms with Crippen LogP contribution in [-0.2, 0) is 0 Å². The van der Waals surface area contributed by atoms with E-state index in [1.54, 1.807) is 17.5 Å². The van der Waals surface area contributed by atoms with Gasteiger partial charge in [-0.15, -0.1) is 11.3 Å². The molecule has 1 aliphatic heterocycles. The normalized spacial score (nSPS) is 18.9.